The van der Waals surface area contributed by atoms with Gasteiger partial charge in [-0.15, -0.1) is 0 Å². The number of halogens is 1. The first kappa shape index (κ1) is 16.9. The predicted octanol–water partition coefficient (Wildman–Crippen LogP) is 1.80. The summed E-state index contributed by atoms with van der Waals surface area (Å²) in [6.45, 7) is 3.57. The average Bonchev–Trinajstić information content (AvgIpc) is 2.89. The Morgan fingerprint density at radius 3 is 2.86 bits per heavy atom. The molecule has 0 amide bonds. The number of nitrogens with one attached hydrogen (secondary N) is 2. The maximum atomic E-state index is 12.5. The fraction of sp³-hybridized carbons (Fsp3) is 0.571. The van der Waals surface area contributed by atoms with Crippen molar-refractivity contribution in [3.8, 4) is 0 Å². The number of hydrogen-bond donors (Lipinski definition) is 2. The van der Waals surface area contributed by atoms with Gasteiger partial charge in [0.05, 0.1) is 17.0 Å². The van der Waals surface area contributed by atoms with Crippen molar-refractivity contribution in [2.45, 2.75) is 30.2 Å². The number of benzene rings is 1. The van der Waals surface area contributed by atoms with Crippen LogP contribution >= 0.6 is 15.9 Å². The summed E-state index contributed by atoms with van der Waals surface area (Å²) < 4.78 is 33.5. The summed E-state index contributed by atoms with van der Waals surface area (Å²) >= 11 is 3.30. The van der Waals surface area contributed by atoms with Crippen LogP contribution in [0.15, 0.2) is 27.6 Å². The monoisotopic (exact) mass is 376 g/mol. The zero-order chi connectivity index (χ0) is 15.5. The number of sulfonamides is 1. The molecular weight excluding hydrogens is 356 g/mol. The van der Waals surface area contributed by atoms with Crippen molar-refractivity contribution in [2.24, 2.45) is 0 Å². The molecule has 1 aromatic carbocycles. The number of methoxy groups -OCH3 is 1. The molecule has 2 N–H and O–H groups in total. The molecule has 1 saturated heterocycles. The Bertz CT molecular complexity index is 598. The minimum atomic E-state index is -3.55. The van der Waals surface area contributed by atoms with E-state index in [0.29, 0.717) is 17.6 Å². The van der Waals surface area contributed by atoms with Crippen LogP contribution in [-0.2, 0) is 14.8 Å². The van der Waals surface area contributed by atoms with Gasteiger partial charge in [-0.2, -0.15) is 0 Å². The molecule has 1 unspecified atom stereocenters. The van der Waals surface area contributed by atoms with E-state index in [-0.39, 0.29) is 10.4 Å². The Hall–Kier alpha value is -0.470. The van der Waals surface area contributed by atoms with Crippen LogP contribution in [0.2, 0.25) is 0 Å². The fourth-order valence-electron chi connectivity index (χ4n) is 2.60. The molecule has 5 nitrogen and oxygen atoms in total. The van der Waals surface area contributed by atoms with Gasteiger partial charge in [-0.25, -0.2) is 13.1 Å². The summed E-state index contributed by atoms with van der Waals surface area (Å²) in [4.78, 5) is 0.271. The lowest BCUT2D eigenvalue weighted by molar-refractivity contribution is 0.122. The van der Waals surface area contributed by atoms with Crippen LogP contribution in [0.3, 0.4) is 0 Å². The summed E-state index contributed by atoms with van der Waals surface area (Å²) in [5.74, 6) is 0. The zero-order valence-corrected chi connectivity index (χ0v) is 14.7. The third kappa shape index (κ3) is 4.04. The van der Waals surface area contributed by atoms with Gasteiger partial charge < -0.3 is 10.1 Å². The van der Waals surface area contributed by atoms with E-state index in [0.717, 1.165) is 24.9 Å². The van der Waals surface area contributed by atoms with Crippen LogP contribution in [0, 0.1) is 6.92 Å². The van der Waals surface area contributed by atoms with Gasteiger partial charge in [0.1, 0.15) is 0 Å². The summed E-state index contributed by atoms with van der Waals surface area (Å²) in [5, 5.41) is 3.36. The Balaban J connectivity index is 2.15. The predicted molar refractivity (Wildman–Crippen MR) is 85.9 cm³/mol. The topological polar surface area (TPSA) is 67.4 Å². The van der Waals surface area contributed by atoms with E-state index >= 15 is 0 Å². The van der Waals surface area contributed by atoms with E-state index in [1.165, 1.54) is 0 Å². The highest BCUT2D eigenvalue weighted by molar-refractivity contribution is 9.10. The first-order valence-electron chi connectivity index (χ1n) is 6.88. The first-order chi connectivity index (χ1) is 9.88. The van der Waals surface area contributed by atoms with Crippen LogP contribution in [0.25, 0.3) is 0 Å². The van der Waals surface area contributed by atoms with Gasteiger partial charge in [-0.3, -0.25) is 0 Å². The van der Waals surface area contributed by atoms with Crippen molar-refractivity contribution >= 4 is 26.0 Å². The van der Waals surface area contributed by atoms with Gasteiger partial charge in [-0.1, -0.05) is 6.07 Å². The SMILES string of the molecule is COCC1(CNS(=O)(=O)c2cc(C)ccc2Br)CCCN1. The van der Waals surface area contributed by atoms with Gasteiger partial charge in [0, 0.05) is 18.1 Å². The maximum absolute atomic E-state index is 12.5. The standard InChI is InChI=1S/C14H21BrN2O3S/c1-11-4-5-12(15)13(8-11)21(18,19)17-9-14(10-20-2)6-3-7-16-14/h4-5,8,16-17H,3,6-7,9-10H2,1-2H3. The normalized spacial score (nSPS) is 22.6. The van der Waals surface area contributed by atoms with Gasteiger partial charge in [0.25, 0.3) is 0 Å². The average molecular weight is 377 g/mol. The van der Waals surface area contributed by atoms with Crippen molar-refractivity contribution in [2.75, 3.05) is 26.8 Å². The largest absolute Gasteiger partial charge is 0.383 e. The molecule has 1 aromatic rings. The lowest BCUT2D eigenvalue weighted by Gasteiger charge is -2.29. The van der Waals surface area contributed by atoms with Crippen molar-refractivity contribution in [1.29, 1.82) is 0 Å². The van der Waals surface area contributed by atoms with Gasteiger partial charge in [0.2, 0.25) is 10.0 Å². The van der Waals surface area contributed by atoms with E-state index in [9.17, 15) is 8.42 Å². The van der Waals surface area contributed by atoms with Crippen LogP contribution in [-0.4, -0.2) is 40.8 Å². The quantitative estimate of drug-likeness (QED) is 0.794. The van der Waals surface area contributed by atoms with E-state index in [1.807, 2.05) is 13.0 Å². The molecule has 0 saturated carbocycles. The highest BCUT2D eigenvalue weighted by Gasteiger charge is 2.35. The van der Waals surface area contributed by atoms with E-state index in [2.05, 4.69) is 26.0 Å². The van der Waals surface area contributed by atoms with Gasteiger partial charge in [0.15, 0.2) is 0 Å². The third-order valence-electron chi connectivity index (χ3n) is 3.73. The summed E-state index contributed by atoms with van der Waals surface area (Å²) in [7, 11) is -1.92. The second-order valence-electron chi connectivity index (χ2n) is 5.50. The second-order valence-corrected chi connectivity index (χ2v) is 8.09. The Morgan fingerprint density at radius 1 is 1.48 bits per heavy atom. The van der Waals surface area contributed by atoms with E-state index < -0.39 is 10.0 Å². The van der Waals surface area contributed by atoms with Crippen molar-refractivity contribution in [3.05, 3.63) is 28.2 Å². The molecule has 0 spiro atoms. The highest BCUT2D eigenvalue weighted by atomic mass is 79.9. The molecule has 1 heterocycles. The fourth-order valence-corrected chi connectivity index (χ4v) is 4.77. The molecule has 2 rings (SSSR count). The smallest absolute Gasteiger partial charge is 0.241 e. The lowest BCUT2D eigenvalue weighted by Crippen LogP contribution is -2.52. The summed E-state index contributed by atoms with van der Waals surface area (Å²) in [5.41, 5.74) is 0.599. The van der Waals surface area contributed by atoms with Crippen LogP contribution in [0.5, 0.6) is 0 Å². The molecule has 118 valence electrons. The van der Waals surface area contributed by atoms with Gasteiger partial charge >= 0.3 is 0 Å². The number of rotatable bonds is 6. The second kappa shape index (κ2) is 6.75. The highest BCUT2D eigenvalue weighted by Crippen LogP contribution is 2.24. The lowest BCUT2D eigenvalue weighted by atomic mass is 9.99. The molecule has 1 fully saturated rings. The van der Waals surface area contributed by atoms with E-state index in [4.69, 9.17) is 4.74 Å². The minimum absolute atomic E-state index is 0.271. The van der Waals surface area contributed by atoms with Crippen LogP contribution in [0.4, 0.5) is 0 Å². The molecule has 1 aliphatic heterocycles. The van der Waals surface area contributed by atoms with E-state index in [1.54, 1.807) is 19.2 Å². The third-order valence-corrected chi connectivity index (χ3v) is 6.12. The molecule has 0 bridgehead atoms. The summed E-state index contributed by atoms with van der Waals surface area (Å²) in [6.07, 6.45) is 1.93. The molecule has 0 radical (unpaired) electrons. The Morgan fingerprint density at radius 2 is 2.24 bits per heavy atom. The number of aryl methyl sites for hydroxylation is 1. The molecule has 1 aliphatic rings. The molecule has 7 heteroatoms. The van der Waals surface area contributed by atoms with Crippen LogP contribution in [0.1, 0.15) is 18.4 Å². The number of ether oxygens (including phenoxy) is 1. The maximum Gasteiger partial charge on any atom is 0.241 e. The molecule has 21 heavy (non-hydrogen) atoms. The molecule has 0 aliphatic carbocycles. The molecular formula is C14H21BrN2O3S. The number of hydrogen-bond acceptors (Lipinski definition) is 4. The van der Waals surface area contributed by atoms with Crippen LogP contribution < -0.4 is 10.0 Å². The van der Waals surface area contributed by atoms with Crippen molar-refractivity contribution < 1.29 is 13.2 Å². The molecule has 0 aromatic heterocycles. The Labute approximate surface area is 134 Å². The summed E-state index contributed by atoms with van der Waals surface area (Å²) in [6, 6.07) is 5.29. The van der Waals surface area contributed by atoms with Crippen molar-refractivity contribution in [1.82, 2.24) is 10.0 Å². The Kier molecular flexibility index (Phi) is 5.43. The minimum Gasteiger partial charge on any atom is -0.383 e. The van der Waals surface area contributed by atoms with Gasteiger partial charge in [-0.05, 0) is 59.9 Å². The van der Waals surface area contributed by atoms with Crippen molar-refractivity contribution in [3.63, 3.8) is 0 Å². The first-order valence-corrected chi connectivity index (χ1v) is 9.16. The molecule has 1 atom stereocenters. The zero-order valence-electron chi connectivity index (χ0n) is 12.3.